The number of aryl methyl sites for hydroxylation is 1. The molecular weight excluding hydrogens is 466 g/mol. The summed E-state index contributed by atoms with van der Waals surface area (Å²) >= 11 is 0. The van der Waals surface area contributed by atoms with Crippen molar-refractivity contribution in [2.24, 2.45) is 0 Å². The van der Waals surface area contributed by atoms with Gasteiger partial charge in [0.25, 0.3) is 0 Å². The van der Waals surface area contributed by atoms with Gasteiger partial charge in [-0.25, -0.2) is 14.0 Å². The molecule has 6 rings (SSSR count). The molecule has 0 radical (unpaired) electrons. The molecule has 11 heteroatoms. The molecule has 10 nitrogen and oxygen atoms in total. The minimum atomic E-state index is -0.871. The Morgan fingerprint density at radius 1 is 1.17 bits per heavy atom. The van der Waals surface area contributed by atoms with Crippen LogP contribution < -0.4 is 20.9 Å². The normalized spacial score (nSPS) is 25.1. The van der Waals surface area contributed by atoms with E-state index >= 15 is 0 Å². The third-order valence-electron chi connectivity index (χ3n) is 7.60. The highest BCUT2D eigenvalue weighted by molar-refractivity contribution is 7.85. The van der Waals surface area contributed by atoms with Gasteiger partial charge in [0.1, 0.15) is 0 Å². The maximum Gasteiger partial charge on any atom is 0.319 e. The second kappa shape index (κ2) is 8.47. The average molecular weight is 497 g/mol. The van der Waals surface area contributed by atoms with E-state index in [1.807, 2.05) is 25.2 Å². The molecule has 4 aliphatic heterocycles. The molecule has 1 aromatic carbocycles. The van der Waals surface area contributed by atoms with Gasteiger partial charge < -0.3 is 25.8 Å². The molecule has 5 heterocycles. The van der Waals surface area contributed by atoms with Gasteiger partial charge in [-0.05, 0) is 25.3 Å². The number of likely N-dealkylation sites (N-methyl/N-ethyl adjacent to an activating group) is 1. The summed E-state index contributed by atoms with van der Waals surface area (Å²) in [6.07, 6.45) is 3.49. The molecule has 35 heavy (non-hydrogen) atoms. The number of likely N-dealkylation sites (tertiary alicyclic amines) is 1. The van der Waals surface area contributed by atoms with Crippen LogP contribution in [0.25, 0.3) is 0 Å². The van der Waals surface area contributed by atoms with Crippen molar-refractivity contribution in [3.63, 3.8) is 0 Å². The first-order valence-corrected chi connectivity index (χ1v) is 13.5. The average Bonchev–Trinajstić information content (AvgIpc) is 3.23. The standard InChI is InChI=1S/C24H29N7O3S/c1-30-14-15(6-7-19(30)32)25-21-20-18(8-13-35(20)34)26-22(28-21)31-11-9-24(10-12-31)16-4-2-3-5-17(16)27-23(33)29-24/h2-5,15H,6-14H2,1H3,(H,25,26,28)(H2,27,29,33)/p+1/t15-,35?/m0/s1. The second-order valence-corrected chi connectivity index (χ2v) is 11.4. The van der Waals surface area contributed by atoms with Gasteiger partial charge in [0.05, 0.1) is 17.0 Å². The molecule has 4 N–H and O–H groups in total. The van der Waals surface area contributed by atoms with Crippen molar-refractivity contribution in [3.8, 4) is 0 Å². The number of rotatable bonds is 3. The summed E-state index contributed by atoms with van der Waals surface area (Å²) in [4.78, 5) is 38.8. The Balaban J connectivity index is 1.26. The summed E-state index contributed by atoms with van der Waals surface area (Å²) in [6.45, 7) is 2.03. The Kier molecular flexibility index (Phi) is 5.39. The Labute approximate surface area is 206 Å². The van der Waals surface area contributed by atoms with Gasteiger partial charge in [0, 0.05) is 56.8 Å². The highest BCUT2D eigenvalue weighted by Crippen LogP contribution is 2.40. The van der Waals surface area contributed by atoms with Gasteiger partial charge in [-0.15, -0.1) is 0 Å². The SMILES string of the molecule is CN1C[C@@H](Nc2nc(N3CCC4(CC3)NC(=O)Nc3ccccc34)nc3c2S(=[OH+])CC3)CCC1=O. The molecule has 0 saturated carbocycles. The molecule has 4 aliphatic rings. The molecule has 1 aromatic heterocycles. The van der Waals surface area contributed by atoms with E-state index < -0.39 is 16.3 Å². The molecule has 2 atom stereocenters. The summed E-state index contributed by atoms with van der Waals surface area (Å²) in [5.74, 6) is 2.19. The number of carbonyl (C=O) groups excluding carboxylic acids is 2. The fraction of sp³-hybridized carbons (Fsp3) is 0.500. The number of urea groups is 1. The molecule has 0 bridgehead atoms. The van der Waals surface area contributed by atoms with Crippen LogP contribution >= 0.6 is 0 Å². The topological polar surface area (TPSA) is 124 Å². The van der Waals surface area contributed by atoms with Crippen molar-refractivity contribution in [2.75, 3.05) is 48.0 Å². The Morgan fingerprint density at radius 2 is 1.97 bits per heavy atom. The predicted octanol–water partition coefficient (Wildman–Crippen LogP) is 1.96. The largest absolute Gasteiger partial charge is 0.364 e. The van der Waals surface area contributed by atoms with Crippen LogP contribution in [0.1, 0.15) is 36.9 Å². The van der Waals surface area contributed by atoms with E-state index in [1.54, 1.807) is 4.90 Å². The molecule has 2 fully saturated rings. The van der Waals surface area contributed by atoms with Gasteiger partial charge in [0.2, 0.25) is 22.7 Å². The number of amides is 3. The molecule has 1 spiro atoms. The first kappa shape index (κ1) is 22.3. The van der Waals surface area contributed by atoms with E-state index in [9.17, 15) is 13.8 Å². The first-order chi connectivity index (χ1) is 16.9. The van der Waals surface area contributed by atoms with E-state index in [4.69, 9.17) is 9.97 Å². The van der Waals surface area contributed by atoms with Crippen LogP contribution in [0.3, 0.4) is 0 Å². The Bertz CT molecular complexity index is 1230. The Morgan fingerprint density at radius 3 is 2.77 bits per heavy atom. The van der Waals surface area contributed by atoms with Crippen LogP contribution in [-0.2, 0) is 27.6 Å². The summed E-state index contributed by atoms with van der Waals surface area (Å²) in [6, 6.07) is 7.91. The number of nitrogens with one attached hydrogen (secondary N) is 3. The number of hydrogen-bond acceptors (Lipinski definition) is 6. The summed E-state index contributed by atoms with van der Waals surface area (Å²) in [7, 11) is 0.952. The van der Waals surface area contributed by atoms with Crippen LogP contribution in [0.15, 0.2) is 29.2 Å². The van der Waals surface area contributed by atoms with Crippen LogP contribution in [0.5, 0.6) is 0 Å². The van der Waals surface area contributed by atoms with Crippen molar-refractivity contribution in [3.05, 3.63) is 35.5 Å². The molecule has 2 saturated heterocycles. The third-order valence-corrected chi connectivity index (χ3v) is 9.09. The number of nitrogens with zero attached hydrogens (tertiary/aromatic N) is 4. The monoisotopic (exact) mass is 496 g/mol. The van der Waals surface area contributed by atoms with Crippen LogP contribution in [0, 0.1) is 0 Å². The van der Waals surface area contributed by atoms with Crippen molar-refractivity contribution in [1.82, 2.24) is 20.2 Å². The molecule has 0 aliphatic carbocycles. The lowest BCUT2D eigenvalue weighted by atomic mass is 9.79. The van der Waals surface area contributed by atoms with Crippen LogP contribution in [0.4, 0.5) is 22.2 Å². The summed E-state index contributed by atoms with van der Waals surface area (Å²) in [5.41, 5.74) is 2.50. The lowest BCUT2D eigenvalue weighted by molar-refractivity contribution is -0.132. The number of benzene rings is 1. The number of hydrogen-bond donors (Lipinski definition) is 3. The van der Waals surface area contributed by atoms with E-state index in [0.29, 0.717) is 43.6 Å². The third kappa shape index (κ3) is 3.91. The maximum atomic E-state index is 12.4. The molecule has 184 valence electrons. The molecule has 1 unspecified atom stereocenters. The highest BCUT2D eigenvalue weighted by atomic mass is 32.2. The summed E-state index contributed by atoms with van der Waals surface area (Å²) in [5, 5.41) is 9.63. The van der Waals surface area contributed by atoms with Gasteiger partial charge in [-0.1, -0.05) is 18.2 Å². The van der Waals surface area contributed by atoms with Crippen LogP contribution in [-0.4, -0.2) is 69.5 Å². The van der Waals surface area contributed by atoms with E-state index in [-0.39, 0.29) is 18.0 Å². The van der Waals surface area contributed by atoms with E-state index in [2.05, 4.69) is 26.9 Å². The number of fused-ring (bicyclic) bond motifs is 3. The number of aromatic nitrogens is 2. The van der Waals surface area contributed by atoms with Gasteiger partial charge in [-0.3, -0.25) is 4.79 Å². The zero-order valence-electron chi connectivity index (χ0n) is 19.7. The van der Waals surface area contributed by atoms with Gasteiger partial charge >= 0.3 is 6.03 Å². The zero-order valence-corrected chi connectivity index (χ0v) is 20.5. The molecular formula is C24H30N7O3S+. The number of piperidine rings is 2. The fourth-order valence-corrected chi connectivity index (χ4v) is 7.03. The minimum Gasteiger partial charge on any atom is -0.364 e. The molecule has 2 aromatic rings. The number of anilines is 3. The maximum absolute atomic E-state index is 12.4. The lowest BCUT2D eigenvalue weighted by Crippen LogP contribution is -2.57. The van der Waals surface area contributed by atoms with Crippen molar-refractivity contribution in [2.45, 2.75) is 48.6 Å². The smallest absolute Gasteiger partial charge is 0.319 e. The van der Waals surface area contributed by atoms with Crippen molar-refractivity contribution >= 4 is 40.2 Å². The van der Waals surface area contributed by atoms with Crippen molar-refractivity contribution in [1.29, 1.82) is 0 Å². The predicted molar refractivity (Wildman–Crippen MR) is 134 cm³/mol. The minimum absolute atomic E-state index is 0.0910. The first-order valence-electron chi connectivity index (χ1n) is 12.2. The second-order valence-electron chi connectivity index (χ2n) is 9.81. The lowest BCUT2D eigenvalue weighted by Gasteiger charge is -2.45. The van der Waals surface area contributed by atoms with Gasteiger partial charge in [-0.2, -0.15) is 4.98 Å². The van der Waals surface area contributed by atoms with Crippen molar-refractivity contribution < 1.29 is 13.8 Å². The van der Waals surface area contributed by atoms with Gasteiger partial charge in [0.15, 0.2) is 10.7 Å². The zero-order chi connectivity index (χ0) is 24.2. The quantitative estimate of drug-likeness (QED) is 0.558. The molecule has 3 amide bonds. The summed E-state index contributed by atoms with van der Waals surface area (Å²) < 4.78 is 10.7. The van der Waals surface area contributed by atoms with E-state index in [0.717, 1.165) is 47.5 Å². The van der Waals surface area contributed by atoms with Crippen LogP contribution in [0.2, 0.25) is 0 Å². The Hall–Kier alpha value is -3.21. The number of para-hydroxylation sites is 1. The number of carbonyl (C=O) groups is 2. The van der Waals surface area contributed by atoms with E-state index in [1.165, 1.54) is 0 Å². The fourth-order valence-electron chi connectivity index (χ4n) is 5.69. The highest BCUT2D eigenvalue weighted by Gasteiger charge is 2.43.